The molecule has 1 aliphatic rings. The molecule has 1 amide bonds. The molecule has 1 unspecified atom stereocenters. The summed E-state index contributed by atoms with van der Waals surface area (Å²) in [4.78, 5) is 11.8. The number of hydrogen-bond acceptors (Lipinski definition) is 2. The Labute approximate surface area is 113 Å². The Morgan fingerprint density at radius 2 is 2.18 bits per heavy atom. The predicted octanol–water partition coefficient (Wildman–Crippen LogP) is 3.35. The molecule has 0 radical (unpaired) electrons. The van der Waals surface area contributed by atoms with Crippen molar-refractivity contribution in [2.45, 2.75) is 32.2 Å². The Morgan fingerprint density at radius 3 is 2.88 bits per heavy atom. The third-order valence-electron chi connectivity index (χ3n) is 2.81. The van der Waals surface area contributed by atoms with Crippen molar-refractivity contribution in [2.75, 3.05) is 10.6 Å². The fraction of sp³-hybridized carbons (Fsp3) is 0.417. The maximum atomic E-state index is 13.4. The van der Waals surface area contributed by atoms with Crippen molar-refractivity contribution < 1.29 is 9.18 Å². The van der Waals surface area contributed by atoms with Crippen molar-refractivity contribution in [2.24, 2.45) is 0 Å². The van der Waals surface area contributed by atoms with Gasteiger partial charge < -0.3 is 10.6 Å². The summed E-state index contributed by atoms with van der Waals surface area (Å²) in [7, 11) is 0. The smallest absolute Gasteiger partial charge is 0.246 e. The van der Waals surface area contributed by atoms with Crippen molar-refractivity contribution in [1.82, 2.24) is 0 Å². The van der Waals surface area contributed by atoms with E-state index in [0.717, 1.165) is 19.3 Å². The van der Waals surface area contributed by atoms with E-state index in [1.165, 1.54) is 6.07 Å². The first-order chi connectivity index (χ1) is 8.11. The summed E-state index contributed by atoms with van der Waals surface area (Å²) in [5, 5.41) is 5.91. The van der Waals surface area contributed by atoms with Crippen molar-refractivity contribution in [1.29, 1.82) is 0 Å². The van der Waals surface area contributed by atoms with E-state index in [0.29, 0.717) is 14.9 Å². The lowest BCUT2D eigenvalue weighted by atomic mass is 10.1. The van der Waals surface area contributed by atoms with Crippen LogP contribution in [0.1, 0.15) is 26.2 Å². The summed E-state index contributed by atoms with van der Waals surface area (Å²) in [5.74, 6) is -0.296. The number of rotatable bonds is 3. The molecule has 3 nitrogen and oxygen atoms in total. The van der Waals surface area contributed by atoms with E-state index in [4.69, 9.17) is 0 Å². The average molecular weight is 348 g/mol. The minimum Gasteiger partial charge on any atom is -0.372 e. The molecule has 2 N–H and O–H groups in total. The molecule has 92 valence electrons. The highest BCUT2D eigenvalue weighted by molar-refractivity contribution is 14.1. The molecule has 2 rings (SSSR count). The van der Waals surface area contributed by atoms with Gasteiger partial charge >= 0.3 is 0 Å². The van der Waals surface area contributed by atoms with E-state index in [9.17, 15) is 9.18 Å². The molecule has 5 heteroatoms. The molecule has 0 aromatic heterocycles. The SMILES string of the molecule is CCCCC1Nc2cc(F)c(I)cc2NC1=O. The Morgan fingerprint density at radius 1 is 1.41 bits per heavy atom. The topological polar surface area (TPSA) is 41.1 Å². The number of fused-ring (bicyclic) bond motifs is 1. The number of unbranched alkanes of at least 4 members (excludes halogenated alkanes) is 1. The van der Waals surface area contributed by atoms with Crippen LogP contribution in [0, 0.1) is 9.39 Å². The molecule has 0 bridgehead atoms. The molecule has 17 heavy (non-hydrogen) atoms. The quantitative estimate of drug-likeness (QED) is 0.823. The van der Waals surface area contributed by atoms with Crippen LogP contribution in [0.3, 0.4) is 0 Å². The second-order valence-corrected chi connectivity index (χ2v) is 5.30. The van der Waals surface area contributed by atoms with E-state index in [-0.39, 0.29) is 17.8 Å². The van der Waals surface area contributed by atoms with Gasteiger partial charge in [-0.15, -0.1) is 0 Å². The maximum absolute atomic E-state index is 13.4. The highest BCUT2D eigenvalue weighted by Gasteiger charge is 2.25. The normalized spacial score (nSPS) is 18.3. The van der Waals surface area contributed by atoms with Crippen LogP contribution < -0.4 is 10.6 Å². The largest absolute Gasteiger partial charge is 0.372 e. The fourth-order valence-corrected chi connectivity index (χ4v) is 2.32. The van der Waals surface area contributed by atoms with Gasteiger partial charge in [0, 0.05) is 6.07 Å². The Kier molecular flexibility index (Phi) is 3.86. The van der Waals surface area contributed by atoms with Gasteiger partial charge in [0.1, 0.15) is 11.9 Å². The Balaban J connectivity index is 2.22. The zero-order valence-electron chi connectivity index (χ0n) is 9.52. The number of nitrogens with one attached hydrogen (secondary N) is 2. The van der Waals surface area contributed by atoms with Crippen LogP contribution in [0.25, 0.3) is 0 Å². The lowest BCUT2D eigenvalue weighted by molar-refractivity contribution is -0.117. The van der Waals surface area contributed by atoms with Gasteiger partial charge in [0.25, 0.3) is 0 Å². The predicted molar refractivity (Wildman–Crippen MR) is 74.7 cm³/mol. The number of amides is 1. The highest BCUT2D eigenvalue weighted by Crippen LogP contribution is 2.31. The van der Waals surface area contributed by atoms with Gasteiger partial charge in [-0.3, -0.25) is 4.79 Å². The molecule has 0 fully saturated rings. The molecule has 0 aliphatic carbocycles. The van der Waals surface area contributed by atoms with Gasteiger partial charge in [-0.05, 0) is 35.1 Å². The van der Waals surface area contributed by atoms with Crippen molar-refractivity contribution >= 4 is 39.9 Å². The monoisotopic (exact) mass is 348 g/mol. The zero-order chi connectivity index (χ0) is 12.4. The van der Waals surface area contributed by atoms with E-state index >= 15 is 0 Å². The van der Waals surface area contributed by atoms with Crippen LogP contribution in [-0.2, 0) is 4.79 Å². The van der Waals surface area contributed by atoms with Gasteiger partial charge in [0.2, 0.25) is 5.91 Å². The van der Waals surface area contributed by atoms with Crippen LogP contribution in [0.15, 0.2) is 12.1 Å². The third-order valence-corrected chi connectivity index (χ3v) is 3.64. The second kappa shape index (κ2) is 5.20. The minimum atomic E-state index is -0.262. The van der Waals surface area contributed by atoms with E-state index in [1.54, 1.807) is 6.07 Å². The number of hydrogen-bond donors (Lipinski definition) is 2. The van der Waals surface area contributed by atoms with Crippen molar-refractivity contribution in [3.8, 4) is 0 Å². The van der Waals surface area contributed by atoms with Gasteiger partial charge in [-0.2, -0.15) is 0 Å². The average Bonchev–Trinajstić information content (AvgIpc) is 2.29. The third kappa shape index (κ3) is 2.70. The molecule has 1 aliphatic heterocycles. The number of carbonyl (C=O) groups excluding carboxylic acids is 1. The maximum Gasteiger partial charge on any atom is 0.246 e. The fourth-order valence-electron chi connectivity index (χ4n) is 1.85. The van der Waals surface area contributed by atoms with Gasteiger partial charge in [-0.25, -0.2) is 4.39 Å². The van der Waals surface area contributed by atoms with Crippen LogP contribution in [0.5, 0.6) is 0 Å². The number of halogens is 2. The first-order valence-electron chi connectivity index (χ1n) is 5.68. The summed E-state index contributed by atoms with van der Waals surface area (Å²) in [6.07, 6.45) is 2.79. The summed E-state index contributed by atoms with van der Waals surface area (Å²) >= 11 is 1.91. The van der Waals surface area contributed by atoms with Crippen LogP contribution in [0.4, 0.5) is 15.8 Å². The lowest BCUT2D eigenvalue weighted by Gasteiger charge is -2.27. The Hall–Kier alpha value is -0.850. The summed E-state index contributed by atoms with van der Waals surface area (Å²) in [6.45, 7) is 2.08. The number of benzene rings is 1. The van der Waals surface area contributed by atoms with Gasteiger partial charge in [-0.1, -0.05) is 19.8 Å². The van der Waals surface area contributed by atoms with Crippen LogP contribution in [-0.4, -0.2) is 11.9 Å². The molecule has 0 spiro atoms. The van der Waals surface area contributed by atoms with Crippen molar-refractivity contribution in [3.63, 3.8) is 0 Å². The second-order valence-electron chi connectivity index (χ2n) is 4.14. The van der Waals surface area contributed by atoms with Crippen molar-refractivity contribution in [3.05, 3.63) is 21.5 Å². The zero-order valence-corrected chi connectivity index (χ0v) is 11.7. The first kappa shape index (κ1) is 12.6. The van der Waals surface area contributed by atoms with E-state index in [1.807, 2.05) is 22.6 Å². The molecular formula is C12H14FIN2O. The standard InChI is InChI=1S/C12H14FIN2O/c1-2-3-4-9-12(17)16-11-6-8(14)7(13)5-10(11)15-9/h5-6,9,15H,2-4H2,1H3,(H,16,17). The lowest BCUT2D eigenvalue weighted by Crippen LogP contribution is -2.38. The minimum absolute atomic E-state index is 0.0339. The summed E-state index contributed by atoms with van der Waals surface area (Å²) in [5.41, 5.74) is 1.33. The van der Waals surface area contributed by atoms with Crippen LogP contribution >= 0.6 is 22.6 Å². The molecule has 1 aromatic carbocycles. The molecule has 1 atom stereocenters. The molecule has 0 saturated heterocycles. The van der Waals surface area contributed by atoms with E-state index in [2.05, 4.69) is 17.6 Å². The molecule has 1 aromatic rings. The van der Waals surface area contributed by atoms with Gasteiger partial charge in [0.15, 0.2) is 0 Å². The Bertz CT molecular complexity index is 450. The molecule has 0 saturated carbocycles. The van der Waals surface area contributed by atoms with E-state index < -0.39 is 0 Å². The number of carbonyl (C=O) groups is 1. The summed E-state index contributed by atoms with van der Waals surface area (Å²) < 4.78 is 13.9. The van der Waals surface area contributed by atoms with Gasteiger partial charge in [0.05, 0.1) is 14.9 Å². The molecule has 1 heterocycles. The first-order valence-corrected chi connectivity index (χ1v) is 6.76. The van der Waals surface area contributed by atoms with Crippen LogP contribution in [0.2, 0.25) is 0 Å². The number of anilines is 2. The molecular weight excluding hydrogens is 334 g/mol. The summed E-state index contributed by atoms with van der Waals surface area (Å²) in [6, 6.07) is 2.84. The highest BCUT2D eigenvalue weighted by atomic mass is 127.